The number of rotatable bonds is 3. The van der Waals surface area contributed by atoms with Crippen LogP contribution in [0.25, 0.3) is 0 Å². The molecule has 0 fully saturated rings. The molecule has 0 saturated carbocycles. The molecule has 112 valence electrons. The van der Waals surface area contributed by atoms with E-state index in [4.69, 9.17) is 5.73 Å². The lowest BCUT2D eigenvalue weighted by Gasteiger charge is -2.10. The van der Waals surface area contributed by atoms with Gasteiger partial charge >= 0.3 is 6.18 Å². The molecule has 0 atom stereocenters. The molecular formula is C14H13F3IN3. The minimum absolute atomic E-state index is 0.220. The van der Waals surface area contributed by atoms with Crippen molar-refractivity contribution in [2.75, 3.05) is 5.73 Å². The van der Waals surface area contributed by atoms with Gasteiger partial charge in [-0.2, -0.15) is 13.2 Å². The van der Waals surface area contributed by atoms with Gasteiger partial charge in [-0.1, -0.05) is 25.1 Å². The van der Waals surface area contributed by atoms with E-state index in [-0.39, 0.29) is 6.42 Å². The first-order valence-electron chi connectivity index (χ1n) is 6.28. The topological polar surface area (TPSA) is 51.8 Å². The molecule has 2 N–H and O–H groups in total. The Morgan fingerprint density at radius 3 is 2.57 bits per heavy atom. The number of aromatic nitrogens is 2. The van der Waals surface area contributed by atoms with Gasteiger partial charge < -0.3 is 5.73 Å². The SMILES string of the molecule is CCc1nc(Cc2cccc(C(F)(F)F)c2)nc(N)c1I. The molecular weight excluding hydrogens is 394 g/mol. The highest BCUT2D eigenvalue weighted by Crippen LogP contribution is 2.30. The molecule has 0 amide bonds. The predicted octanol–water partition coefficient (Wildman–Crippen LogP) is 3.84. The van der Waals surface area contributed by atoms with E-state index >= 15 is 0 Å². The van der Waals surface area contributed by atoms with Crippen molar-refractivity contribution in [1.29, 1.82) is 0 Å². The van der Waals surface area contributed by atoms with Crippen molar-refractivity contribution < 1.29 is 13.2 Å². The van der Waals surface area contributed by atoms with Crippen LogP contribution >= 0.6 is 22.6 Å². The van der Waals surface area contributed by atoms with Crippen LogP contribution in [-0.4, -0.2) is 9.97 Å². The molecule has 1 heterocycles. The lowest BCUT2D eigenvalue weighted by Crippen LogP contribution is -2.08. The summed E-state index contributed by atoms with van der Waals surface area (Å²) in [6.45, 7) is 1.94. The van der Waals surface area contributed by atoms with Gasteiger partial charge in [0.1, 0.15) is 11.6 Å². The van der Waals surface area contributed by atoms with Crippen LogP contribution in [0.2, 0.25) is 0 Å². The van der Waals surface area contributed by atoms with Crippen LogP contribution in [0, 0.1) is 3.57 Å². The van der Waals surface area contributed by atoms with Gasteiger partial charge in [0, 0.05) is 6.42 Å². The number of alkyl halides is 3. The van der Waals surface area contributed by atoms with Gasteiger partial charge in [0.05, 0.1) is 14.8 Å². The van der Waals surface area contributed by atoms with Gasteiger partial charge in [0.25, 0.3) is 0 Å². The maximum absolute atomic E-state index is 12.7. The summed E-state index contributed by atoms with van der Waals surface area (Å²) in [5, 5.41) is 0. The highest BCUT2D eigenvalue weighted by molar-refractivity contribution is 14.1. The van der Waals surface area contributed by atoms with Crippen molar-refractivity contribution in [3.8, 4) is 0 Å². The number of hydrogen-bond donors (Lipinski definition) is 1. The summed E-state index contributed by atoms with van der Waals surface area (Å²) < 4.78 is 38.9. The van der Waals surface area contributed by atoms with Crippen molar-refractivity contribution in [3.63, 3.8) is 0 Å². The standard InChI is InChI=1S/C14H13F3IN3/c1-2-10-12(18)13(19)21-11(20-10)7-8-4-3-5-9(6-8)14(15,16)17/h3-6H,2,7H2,1H3,(H2,19,20,21). The smallest absolute Gasteiger partial charge is 0.383 e. The molecule has 0 unspecified atom stereocenters. The quantitative estimate of drug-likeness (QED) is 0.787. The predicted molar refractivity (Wildman–Crippen MR) is 82.8 cm³/mol. The number of benzene rings is 1. The maximum atomic E-state index is 12.7. The Morgan fingerprint density at radius 2 is 1.95 bits per heavy atom. The molecule has 0 aliphatic heterocycles. The second-order valence-corrected chi connectivity index (χ2v) is 5.59. The first-order chi connectivity index (χ1) is 9.81. The average molecular weight is 407 g/mol. The van der Waals surface area contributed by atoms with Gasteiger partial charge in [-0.05, 0) is 40.6 Å². The third kappa shape index (κ3) is 3.84. The lowest BCUT2D eigenvalue weighted by atomic mass is 10.1. The van der Waals surface area contributed by atoms with Crippen LogP contribution in [0.1, 0.15) is 29.6 Å². The Kier molecular flexibility index (Phi) is 4.70. The van der Waals surface area contributed by atoms with Crippen LogP contribution < -0.4 is 5.73 Å². The van der Waals surface area contributed by atoms with Gasteiger partial charge in [0.2, 0.25) is 0 Å². The summed E-state index contributed by atoms with van der Waals surface area (Å²) in [5.74, 6) is 0.800. The molecule has 0 spiro atoms. The fourth-order valence-corrected chi connectivity index (χ4v) is 2.54. The Bertz CT molecular complexity index is 656. The monoisotopic (exact) mass is 407 g/mol. The number of halogens is 4. The lowest BCUT2D eigenvalue weighted by molar-refractivity contribution is -0.137. The van der Waals surface area contributed by atoms with E-state index in [1.165, 1.54) is 6.07 Å². The summed E-state index contributed by atoms with van der Waals surface area (Å²) in [6.07, 6.45) is -3.44. The Labute approximate surface area is 133 Å². The molecule has 0 radical (unpaired) electrons. The third-order valence-corrected chi connectivity index (χ3v) is 4.12. The number of hydrogen-bond acceptors (Lipinski definition) is 3. The maximum Gasteiger partial charge on any atom is 0.416 e. The summed E-state index contributed by atoms with van der Waals surface area (Å²) in [4.78, 5) is 8.51. The van der Waals surface area contributed by atoms with E-state index in [1.54, 1.807) is 6.07 Å². The van der Waals surface area contributed by atoms with E-state index in [2.05, 4.69) is 32.6 Å². The second kappa shape index (κ2) is 6.17. The summed E-state index contributed by atoms with van der Waals surface area (Å²) in [7, 11) is 0. The van der Waals surface area contributed by atoms with Gasteiger partial charge in [-0.3, -0.25) is 0 Å². The van der Waals surface area contributed by atoms with Crippen molar-refractivity contribution in [3.05, 3.63) is 50.5 Å². The zero-order valence-corrected chi connectivity index (χ0v) is 13.4. The molecule has 0 aliphatic carbocycles. The minimum Gasteiger partial charge on any atom is -0.383 e. The van der Waals surface area contributed by atoms with Crippen molar-refractivity contribution in [2.24, 2.45) is 0 Å². The van der Waals surface area contributed by atoms with Crippen LogP contribution in [0.15, 0.2) is 24.3 Å². The molecule has 21 heavy (non-hydrogen) atoms. The van der Waals surface area contributed by atoms with Crippen LogP contribution in [0.3, 0.4) is 0 Å². The van der Waals surface area contributed by atoms with Crippen LogP contribution in [0.5, 0.6) is 0 Å². The molecule has 1 aromatic heterocycles. The van der Waals surface area contributed by atoms with E-state index in [0.29, 0.717) is 23.6 Å². The Balaban J connectivity index is 2.32. The van der Waals surface area contributed by atoms with Gasteiger partial charge in [-0.25, -0.2) is 9.97 Å². The zero-order chi connectivity index (χ0) is 15.6. The van der Waals surface area contributed by atoms with Gasteiger partial charge in [-0.15, -0.1) is 0 Å². The first kappa shape index (κ1) is 16.0. The average Bonchev–Trinajstić information content (AvgIpc) is 2.42. The Hall–Kier alpha value is -1.38. The van der Waals surface area contributed by atoms with Gasteiger partial charge in [0.15, 0.2) is 0 Å². The fourth-order valence-electron chi connectivity index (χ4n) is 1.92. The molecule has 2 aromatic rings. The molecule has 0 saturated heterocycles. The van der Waals surface area contributed by atoms with Crippen LogP contribution in [0.4, 0.5) is 19.0 Å². The molecule has 7 heteroatoms. The third-order valence-electron chi connectivity index (χ3n) is 2.94. The number of nitrogen functional groups attached to an aromatic ring is 1. The molecule has 1 aromatic carbocycles. The Morgan fingerprint density at radius 1 is 1.24 bits per heavy atom. The molecule has 0 bridgehead atoms. The molecule has 3 nitrogen and oxygen atoms in total. The summed E-state index contributed by atoms with van der Waals surface area (Å²) in [5.41, 5.74) is 6.46. The molecule has 0 aliphatic rings. The fraction of sp³-hybridized carbons (Fsp3) is 0.286. The summed E-state index contributed by atoms with van der Waals surface area (Å²) in [6, 6.07) is 5.17. The second-order valence-electron chi connectivity index (χ2n) is 4.51. The van der Waals surface area contributed by atoms with Crippen molar-refractivity contribution >= 4 is 28.4 Å². The van der Waals surface area contributed by atoms with E-state index in [0.717, 1.165) is 21.4 Å². The van der Waals surface area contributed by atoms with Crippen LogP contribution in [-0.2, 0) is 19.0 Å². The highest BCUT2D eigenvalue weighted by atomic mass is 127. The first-order valence-corrected chi connectivity index (χ1v) is 7.36. The van der Waals surface area contributed by atoms with E-state index in [9.17, 15) is 13.2 Å². The number of anilines is 1. The van der Waals surface area contributed by atoms with Crippen molar-refractivity contribution in [2.45, 2.75) is 25.9 Å². The highest BCUT2D eigenvalue weighted by Gasteiger charge is 2.30. The number of aryl methyl sites for hydroxylation is 1. The molecule has 2 rings (SSSR count). The van der Waals surface area contributed by atoms with Crippen molar-refractivity contribution in [1.82, 2.24) is 9.97 Å². The zero-order valence-electron chi connectivity index (χ0n) is 11.2. The van der Waals surface area contributed by atoms with E-state index < -0.39 is 11.7 Å². The number of nitrogens with two attached hydrogens (primary N) is 1. The minimum atomic E-state index is -4.35. The number of nitrogens with zero attached hydrogens (tertiary/aromatic N) is 2. The largest absolute Gasteiger partial charge is 0.416 e. The van der Waals surface area contributed by atoms with E-state index in [1.807, 2.05) is 6.92 Å². The summed E-state index contributed by atoms with van der Waals surface area (Å²) >= 11 is 2.07. The normalized spacial score (nSPS) is 11.7.